The van der Waals surface area contributed by atoms with Gasteiger partial charge in [0.2, 0.25) is 0 Å². The van der Waals surface area contributed by atoms with Crippen molar-refractivity contribution in [1.82, 2.24) is 10.2 Å². The van der Waals surface area contributed by atoms with E-state index >= 15 is 0 Å². The average Bonchev–Trinajstić information content (AvgIpc) is 2.31. The Morgan fingerprint density at radius 1 is 1.43 bits per heavy atom. The largest absolute Gasteiger partial charge is 0.444 e. The van der Waals surface area contributed by atoms with Crippen LogP contribution in [0.15, 0.2) is 0 Å². The summed E-state index contributed by atoms with van der Waals surface area (Å²) >= 11 is 2.04. The van der Waals surface area contributed by atoms with Crippen LogP contribution in [-0.4, -0.2) is 54.3 Å². The quantitative estimate of drug-likeness (QED) is 0.790. The molecule has 1 heterocycles. The third-order valence-electron chi connectivity index (χ3n) is 3.42. The molecule has 1 N–H and O–H groups in total. The smallest absolute Gasteiger partial charge is 0.410 e. The van der Waals surface area contributed by atoms with Crippen LogP contribution in [-0.2, 0) is 4.74 Å². The number of thioether (sulfide) groups is 1. The second-order valence-electron chi connectivity index (χ2n) is 7.79. The van der Waals surface area contributed by atoms with E-state index in [4.69, 9.17) is 4.74 Å². The fourth-order valence-corrected chi connectivity index (χ4v) is 3.76. The predicted molar refractivity (Wildman–Crippen MR) is 91.0 cm³/mol. The molecule has 21 heavy (non-hydrogen) atoms. The van der Waals surface area contributed by atoms with E-state index in [9.17, 15) is 4.79 Å². The standard InChI is InChI=1S/C16H32N2O2S/c1-15(2,3)20-14(19)18(6)9-7-8-17-13-10-16(4,5)12-21-11-13/h13,17H,7-12H2,1-6H3. The number of rotatable bonds is 5. The molecule has 1 unspecified atom stereocenters. The van der Waals surface area contributed by atoms with Gasteiger partial charge in [0.1, 0.15) is 5.60 Å². The molecule has 1 amide bonds. The molecule has 1 saturated heterocycles. The van der Waals surface area contributed by atoms with Gasteiger partial charge in [-0.2, -0.15) is 11.8 Å². The molecule has 0 spiro atoms. The number of nitrogens with one attached hydrogen (secondary N) is 1. The van der Waals surface area contributed by atoms with Gasteiger partial charge in [-0.15, -0.1) is 0 Å². The molecule has 0 aromatic rings. The fraction of sp³-hybridized carbons (Fsp3) is 0.938. The average molecular weight is 317 g/mol. The van der Waals surface area contributed by atoms with E-state index in [2.05, 4.69) is 19.2 Å². The van der Waals surface area contributed by atoms with Gasteiger partial charge >= 0.3 is 6.09 Å². The molecule has 5 heteroatoms. The summed E-state index contributed by atoms with van der Waals surface area (Å²) < 4.78 is 5.34. The summed E-state index contributed by atoms with van der Waals surface area (Å²) in [6, 6.07) is 0.602. The Morgan fingerprint density at radius 2 is 2.10 bits per heavy atom. The first-order valence-corrected chi connectivity index (χ1v) is 9.00. The Kier molecular flexibility index (Phi) is 6.85. The Bertz CT molecular complexity index is 340. The molecule has 1 atom stereocenters. The van der Waals surface area contributed by atoms with Crippen LogP contribution in [0.2, 0.25) is 0 Å². The van der Waals surface area contributed by atoms with Crippen molar-refractivity contribution in [3.05, 3.63) is 0 Å². The van der Waals surface area contributed by atoms with Crippen molar-refractivity contribution in [2.75, 3.05) is 31.6 Å². The van der Waals surface area contributed by atoms with E-state index < -0.39 is 5.60 Å². The monoisotopic (exact) mass is 316 g/mol. The molecule has 0 radical (unpaired) electrons. The lowest BCUT2D eigenvalue weighted by atomic mass is 9.88. The molecule has 0 saturated carbocycles. The molecule has 1 aliphatic heterocycles. The maximum absolute atomic E-state index is 11.8. The molecule has 0 aliphatic carbocycles. The van der Waals surface area contributed by atoms with Gasteiger partial charge in [0, 0.05) is 25.4 Å². The number of nitrogens with zero attached hydrogens (tertiary/aromatic N) is 1. The summed E-state index contributed by atoms with van der Waals surface area (Å²) in [6.45, 7) is 12.0. The van der Waals surface area contributed by atoms with Gasteiger partial charge in [0.25, 0.3) is 0 Å². The lowest BCUT2D eigenvalue weighted by molar-refractivity contribution is 0.0297. The lowest BCUT2D eigenvalue weighted by Gasteiger charge is -2.35. The zero-order chi connectivity index (χ0) is 16.1. The summed E-state index contributed by atoms with van der Waals surface area (Å²) in [5, 5.41) is 3.62. The van der Waals surface area contributed by atoms with Gasteiger partial charge in [0.05, 0.1) is 0 Å². The minimum absolute atomic E-state index is 0.239. The van der Waals surface area contributed by atoms with Crippen molar-refractivity contribution >= 4 is 17.9 Å². The van der Waals surface area contributed by atoms with Crippen LogP contribution in [0, 0.1) is 5.41 Å². The van der Waals surface area contributed by atoms with Crippen LogP contribution >= 0.6 is 11.8 Å². The van der Waals surface area contributed by atoms with Crippen molar-refractivity contribution in [1.29, 1.82) is 0 Å². The zero-order valence-electron chi connectivity index (χ0n) is 14.5. The van der Waals surface area contributed by atoms with Gasteiger partial charge < -0.3 is 15.0 Å². The molecule has 0 aromatic heterocycles. The van der Waals surface area contributed by atoms with E-state index in [0.717, 1.165) is 19.5 Å². The van der Waals surface area contributed by atoms with E-state index in [1.54, 1.807) is 11.9 Å². The highest BCUT2D eigenvalue weighted by Crippen LogP contribution is 2.33. The third kappa shape index (κ3) is 7.96. The molecule has 1 aliphatic rings. The van der Waals surface area contributed by atoms with E-state index in [0.29, 0.717) is 11.5 Å². The van der Waals surface area contributed by atoms with Crippen molar-refractivity contribution in [2.24, 2.45) is 5.41 Å². The van der Waals surface area contributed by atoms with Crippen molar-refractivity contribution < 1.29 is 9.53 Å². The molecular weight excluding hydrogens is 284 g/mol. The number of carbonyl (C=O) groups excluding carboxylic acids is 1. The van der Waals surface area contributed by atoms with E-state index in [1.807, 2.05) is 32.5 Å². The Morgan fingerprint density at radius 3 is 2.67 bits per heavy atom. The topological polar surface area (TPSA) is 41.6 Å². The highest BCUT2D eigenvalue weighted by Gasteiger charge is 2.28. The van der Waals surface area contributed by atoms with Gasteiger partial charge in [-0.25, -0.2) is 4.79 Å². The highest BCUT2D eigenvalue weighted by atomic mass is 32.2. The SMILES string of the molecule is CN(CCCNC1CSCC(C)(C)C1)C(=O)OC(C)(C)C. The fourth-order valence-electron chi connectivity index (χ4n) is 2.45. The highest BCUT2D eigenvalue weighted by molar-refractivity contribution is 7.99. The van der Waals surface area contributed by atoms with Crippen molar-refractivity contribution in [3.8, 4) is 0 Å². The van der Waals surface area contributed by atoms with Gasteiger partial charge in [0.15, 0.2) is 0 Å². The van der Waals surface area contributed by atoms with Crippen LogP contribution < -0.4 is 5.32 Å². The number of amides is 1. The molecule has 0 bridgehead atoms. The van der Waals surface area contributed by atoms with E-state index in [1.165, 1.54) is 17.9 Å². The predicted octanol–water partition coefficient (Wildman–Crippen LogP) is 3.36. The van der Waals surface area contributed by atoms with E-state index in [-0.39, 0.29) is 6.09 Å². The summed E-state index contributed by atoms with van der Waals surface area (Å²) in [7, 11) is 1.80. The zero-order valence-corrected chi connectivity index (χ0v) is 15.3. The molecule has 4 nitrogen and oxygen atoms in total. The maximum atomic E-state index is 11.8. The Balaban J connectivity index is 2.17. The summed E-state index contributed by atoms with van der Waals surface area (Å²) in [5.74, 6) is 2.46. The molecule has 0 aromatic carbocycles. The summed E-state index contributed by atoms with van der Waals surface area (Å²) in [4.78, 5) is 13.5. The number of hydrogen-bond acceptors (Lipinski definition) is 4. The second kappa shape index (κ2) is 7.73. The van der Waals surface area contributed by atoms with Crippen LogP contribution in [0.5, 0.6) is 0 Å². The van der Waals surface area contributed by atoms with Crippen molar-refractivity contribution in [2.45, 2.75) is 59.1 Å². The Labute approximate surface area is 134 Å². The first kappa shape index (κ1) is 18.6. The second-order valence-corrected chi connectivity index (χ2v) is 8.82. The van der Waals surface area contributed by atoms with Gasteiger partial charge in [-0.3, -0.25) is 0 Å². The van der Waals surface area contributed by atoms with Crippen LogP contribution in [0.3, 0.4) is 0 Å². The lowest BCUT2D eigenvalue weighted by Crippen LogP contribution is -2.41. The van der Waals surface area contributed by atoms with Gasteiger partial charge in [-0.1, -0.05) is 13.8 Å². The molecular formula is C16H32N2O2S. The van der Waals surface area contributed by atoms with Crippen molar-refractivity contribution in [3.63, 3.8) is 0 Å². The first-order valence-electron chi connectivity index (χ1n) is 7.84. The van der Waals surface area contributed by atoms with Crippen LogP contribution in [0.4, 0.5) is 4.79 Å². The molecule has 124 valence electrons. The van der Waals surface area contributed by atoms with Crippen LogP contribution in [0.25, 0.3) is 0 Å². The molecule has 1 fully saturated rings. The third-order valence-corrected chi connectivity index (χ3v) is 5.04. The number of carbonyl (C=O) groups is 1. The minimum atomic E-state index is -0.422. The summed E-state index contributed by atoms with van der Waals surface area (Å²) in [6.07, 6.45) is 1.95. The Hall–Kier alpha value is -0.420. The maximum Gasteiger partial charge on any atom is 0.410 e. The van der Waals surface area contributed by atoms with Crippen LogP contribution in [0.1, 0.15) is 47.5 Å². The minimum Gasteiger partial charge on any atom is -0.444 e. The number of ether oxygens (including phenoxy) is 1. The molecule has 1 rings (SSSR count). The first-order chi connectivity index (χ1) is 9.59. The normalized spacial score (nSPS) is 21.9. The number of hydrogen-bond donors (Lipinski definition) is 1. The van der Waals surface area contributed by atoms with Gasteiger partial charge in [-0.05, 0) is 51.3 Å². The summed E-state index contributed by atoms with van der Waals surface area (Å²) in [5.41, 5.74) is 0.0163.